The van der Waals surface area contributed by atoms with Gasteiger partial charge >= 0.3 is 0 Å². The Morgan fingerprint density at radius 2 is 0.950 bits per heavy atom. The van der Waals surface area contributed by atoms with Gasteiger partial charge in [-0.15, -0.1) is 0 Å². The molecule has 8 nitrogen and oxygen atoms in total. The molecule has 3 aromatic rings. The first kappa shape index (κ1) is 28.2. The van der Waals surface area contributed by atoms with Crippen LogP contribution in [0.2, 0.25) is 0 Å². The molecule has 0 radical (unpaired) electrons. The lowest BCUT2D eigenvalue weighted by Gasteiger charge is -2.17. The summed E-state index contributed by atoms with van der Waals surface area (Å²) in [6.45, 7) is 6.19. The number of anilines is 2. The molecule has 0 saturated carbocycles. The SMILES string of the molecule is O=C(CC[NH+]1CCCCCC1)Nc1ccc2c(O)c3cc(NC(=O)CC[NH+]4CCCCCC4)ccc3c(O)c2c1. The first-order valence-electron chi connectivity index (χ1n) is 15.2. The number of carbonyl (C=O) groups is 2. The van der Waals surface area contributed by atoms with E-state index in [0.717, 1.165) is 39.3 Å². The Labute approximate surface area is 236 Å². The quantitative estimate of drug-likeness (QED) is 0.192. The van der Waals surface area contributed by atoms with Gasteiger partial charge in [-0.2, -0.15) is 0 Å². The van der Waals surface area contributed by atoms with Crippen LogP contribution in [0, 0.1) is 0 Å². The highest BCUT2D eigenvalue weighted by Crippen LogP contribution is 2.43. The van der Waals surface area contributed by atoms with Crippen molar-refractivity contribution in [2.75, 3.05) is 49.9 Å². The number of hydrogen-bond acceptors (Lipinski definition) is 4. The van der Waals surface area contributed by atoms with Gasteiger partial charge in [-0.25, -0.2) is 0 Å². The van der Waals surface area contributed by atoms with E-state index in [9.17, 15) is 19.8 Å². The van der Waals surface area contributed by atoms with Crippen LogP contribution in [0.5, 0.6) is 11.5 Å². The fourth-order valence-electron chi connectivity index (χ4n) is 6.32. The third-order valence-electron chi connectivity index (χ3n) is 8.66. The van der Waals surface area contributed by atoms with Gasteiger partial charge in [-0.1, -0.05) is 0 Å². The van der Waals surface area contributed by atoms with Crippen LogP contribution < -0.4 is 20.4 Å². The molecule has 0 aromatic heterocycles. The summed E-state index contributed by atoms with van der Waals surface area (Å²) in [6, 6.07) is 10.4. The van der Waals surface area contributed by atoms with Gasteiger partial charge in [0.05, 0.1) is 52.1 Å². The van der Waals surface area contributed by atoms with E-state index in [-0.39, 0.29) is 23.3 Å². The summed E-state index contributed by atoms with van der Waals surface area (Å²) < 4.78 is 0. The van der Waals surface area contributed by atoms with E-state index in [1.807, 2.05) is 0 Å². The number of carbonyl (C=O) groups excluding carboxylic acids is 2. The van der Waals surface area contributed by atoms with Crippen molar-refractivity contribution in [1.82, 2.24) is 0 Å². The van der Waals surface area contributed by atoms with Gasteiger partial charge in [-0.3, -0.25) is 9.59 Å². The zero-order valence-corrected chi connectivity index (χ0v) is 23.5. The first-order valence-corrected chi connectivity index (χ1v) is 15.2. The normalized spacial score (nSPS) is 17.4. The average Bonchev–Trinajstić information content (AvgIpc) is 3.39. The van der Waals surface area contributed by atoms with Gasteiger partial charge in [-0.05, 0) is 87.8 Å². The van der Waals surface area contributed by atoms with Crippen molar-refractivity contribution in [1.29, 1.82) is 0 Å². The van der Waals surface area contributed by atoms with Crippen molar-refractivity contribution >= 4 is 44.7 Å². The van der Waals surface area contributed by atoms with E-state index in [4.69, 9.17) is 0 Å². The van der Waals surface area contributed by atoms with Crippen molar-refractivity contribution < 1.29 is 29.6 Å². The minimum Gasteiger partial charge on any atom is -0.507 e. The second-order valence-electron chi connectivity index (χ2n) is 11.6. The monoisotopic (exact) mass is 548 g/mol. The molecule has 40 heavy (non-hydrogen) atoms. The summed E-state index contributed by atoms with van der Waals surface area (Å²) >= 11 is 0. The van der Waals surface area contributed by atoms with E-state index in [0.29, 0.717) is 45.8 Å². The highest BCUT2D eigenvalue weighted by molar-refractivity contribution is 6.12. The van der Waals surface area contributed by atoms with Crippen LogP contribution in [-0.4, -0.2) is 61.3 Å². The van der Waals surface area contributed by atoms with Gasteiger partial charge in [0.25, 0.3) is 0 Å². The molecule has 2 aliphatic rings. The molecule has 2 saturated heterocycles. The van der Waals surface area contributed by atoms with Crippen LogP contribution in [0.3, 0.4) is 0 Å². The predicted molar refractivity (Wildman–Crippen MR) is 159 cm³/mol. The number of phenolic OH excluding ortho intramolecular Hbond substituents is 2. The zero-order valence-electron chi connectivity index (χ0n) is 23.5. The fourth-order valence-corrected chi connectivity index (χ4v) is 6.32. The maximum atomic E-state index is 12.6. The van der Waals surface area contributed by atoms with E-state index < -0.39 is 0 Å². The van der Waals surface area contributed by atoms with Crippen LogP contribution >= 0.6 is 0 Å². The molecule has 3 aromatic carbocycles. The van der Waals surface area contributed by atoms with Gasteiger partial charge in [0.2, 0.25) is 11.8 Å². The topological polar surface area (TPSA) is 108 Å². The highest BCUT2D eigenvalue weighted by Gasteiger charge is 2.18. The number of rotatable bonds is 8. The second-order valence-corrected chi connectivity index (χ2v) is 11.6. The maximum absolute atomic E-state index is 12.6. The minimum absolute atomic E-state index is 0.0375. The molecule has 0 unspecified atom stereocenters. The number of hydrogen-bond donors (Lipinski definition) is 6. The minimum atomic E-state index is -0.0431. The number of aromatic hydroxyl groups is 2. The van der Waals surface area contributed by atoms with Crippen LogP contribution in [0.1, 0.15) is 64.2 Å². The lowest BCUT2D eigenvalue weighted by Crippen LogP contribution is -3.12. The molecule has 2 amide bonds. The third-order valence-corrected chi connectivity index (χ3v) is 8.66. The largest absolute Gasteiger partial charge is 0.507 e. The van der Waals surface area contributed by atoms with Gasteiger partial charge in [0.1, 0.15) is 11.5 Å². The van der Waals surface area contributed by atoms with E-state index >= 15 is 0 Å². The molecular weight excluding hydrogens is 504 g/mol. The molecule has 2 fully saturated rings. The third kappa shape index (κ3) is 7.04. The maximum Gasteiger partial charge on any atom is 0.230 e. The van der Waals surface area contributed by atoms with Crippen LogP contribution in [0.4, 0.5) is 11.4 Å². The number of amides is 2. The fraction of sp³-hybridized carbons (Fsp3) is 0.500. The molecule has 0 bridgehead atoms. The van der Waals surface area contributed by atoms with Gasteiger partial charge in [0.15, 0.2) is 0 Å². The van der Waals surface area contributed by atoms with Crippen LogP contribution in [0.25, 0.3) is 21.5 Å². The number of fused-ring (bicyclic) bond motifs is 2. The Morgan fingerprint density at radius 3 is 1.32 bits per heavy atom. The smallest absolute Gasteiger partial charge is 0.230 e. The molecular formula is C32H44N4O4+2. The first-order chi connectivity index (χ1) is 19.5. The Balaban J connectivity index is 1.25. The second kappa shape index (κ2) is 13.3. The molecule has 5 rings (SSSR count). The van der Waals surface area contributed by atoms with Crippen molar-refractivity contribution in [2.45, 2.75) is 64.2 Å². The number of likely N-dealkylation sites (tertiary alicyclic amines) is 2. The summed E-state index contributed by atoms with van der Waals surface area (Å²) in [5, 5.41) is 30.0. The lowest BCUT2D eigenvalue weighted by molar-refractivity contribution is -0.898. The van der Waals surface area contributed by atoms with Crippen LogP contribution in [0.15, 0.2) is 36.4 Å². The number of nitrogens with one attached hydrogen (secondary N) is 4. The average molecular weight is 549 g/mol. The van der Waals surface area contributed by atoms with Crippen molar-refractivity contribution in [2.24, 2.45) is 0 Å². The number of quaternary nitrogens is 2. The molecule has 2 aliphatic heterocycles. The molecule has 6 N–H and O–H groups in total. The van der Waals surface area contributed by atoms with E-state index in [1.165, 1.54) is 61.2 Å². The zero-order chi connectivity index (χ0) is 27.9. The van der Waals surface area contributed by atoms with E-state index in [2.05, 4.69) is 10.6 Å². The molecule has 2 heterocycles. The van der Waals surface area contributed by atoms with Gasteiger partial charge < -0.3 is 30.6 Å². The molecule has 0 atom stereocenters. The molecule has 0 aliphatic carbocycles. The summed E-state index contributed by atoms with van der Waals surface area (Å²) in [4.78, 5) is 28.3. The standard InChI is InChI=1S/C32H42N4O4/c37-29(13-19-35-15-5-1-2-6-16-35)33-23-9-11-25-27(21-23)31(39)26-12-10-24(22-28(26)32(25)40)34-30(38)14-20-36-17-7-3-4-8-18-36/h9-12,21-22,39-40H,1-8,13-20H2,(H,33,37)(H,34,38)/p+2. The molecule has 214 valence electrons. The summed E-state index contributed by atoms with van der Waals surface area (Å²) in [7, 11) is 0. The van der Waals surface area contributed by atoms with Crippen LogP contribution in [-0.2, 0) is 9.59 Å². The Morgan fingerprint density at radius 1 is 0.575 bits per heavy atom. The Hall–Kier alpha value is -3.36. The Kier molecular flexibility index (Phi) is 9.39. The van der Waals surface area contributed by atoms with Crippen molar-refractivity contribution in [3.8, 4) is 11.5 Å². The highest BCUT2D eigenvalue weighted by atomic mass is 16.3. The van der Waals surface area contributed by atoms with Crippen molar-refractivity contribution in [3.63, 3.8) is 0 Å². The molecule has 0 spiro atoms. The van der Waals surface area contributed by atoms with Gasteiger partial charge in [0, 0.05) is 32.9 Å². The Bertz CT molecular complexity index is 1240. The van der Waals surface area contributed by atoms with Crippen molar-refractivity contribution in [3.05, 3.63) is 36.4 Å². The number of benzene rings is 3. The van der Waals surface area contributed by atoms with E-state index in [1.54, 1.807) is 36.4 Å². The lowest BCUT2D eigenvalue weighted by atomic mass is 9.99. The number of phenols is 2. The summed E-state index contributed by atoms with van der Waals surface area (Å²) in [5.41, 5.74) is 1.18. The molecule has 8 heteroatoms. The summed E-state index contributed by atoms with van der Waals surface area (Å²) in [6.07, 6.45) is 11.0. The summed E-state index contributed by atoms with van der Waals surface area (Å²) in [5.74, 6) is -0.0112. The predicted octanol–water partition coefficient (Wildman–Crippen LogP) is 2.98.